The van der Waals surface area contributed by atoms with Crippen LogP contribution in [0.2, 0.25) is 0 Å². The third kappa shape index (κ3) is 5.40. The van der Waals surface area contributed by atoms with E-state index < -0.39 is 30.1 Å². The summed E-state index contributed by atoms with van der Waals surface area (Å²) >= 11 is 0. The summed E-state index contributed by atoms with van der Waals surface area (Å²) in [6.45, 7) is 3.30. The molecule has 0 aromatic heterocycles. The minimum absolute atomic E-state index is 0.0487. The number of carboxylic acid groups (broad SMARTS) is 1. The van der Waals surface area contributed by atoms with Gasteiger partial charge in [0.25, 0.3) is 0 Å². The highest BCUT2D eigenvalue weighted by molar-refractivity contribution is 5.79. The maximum atomic E-state index is 12.4. The molecular formula is C23H26N2O6. The zero-order chi connectivity index (χ0) is 22.4. The van der Waals surface area contributed by atoms with Gasteiger partial charge in [0.1, 0.15) is 6.61 Å². The van der Waals surface area contributed by atoms with Crippen LogP contribution < -0.4 is 10.8 Å². The van der Waals surface area contributed by atoms with E-state index in [4.69, 9.17) is 14.7 Å². The molecule has 8 nitrogen and oxygen atoms in total. The number of hydroxylamine groups is 1. The quantitative estimate of drug-likeness (QED) is 0.531. The van der Waals surface area contributed by atoms with E-state index in [1.54, 1.807) is 0 Å². The number of carbonyl (C=O) groups is 3. The van der Waals surface area contributed by atoms with Gasteiger partial charge in [-0.1, -0.05) is 55.5 Å². The first kappa shape index (κ1) is 22.3. The lowest BCUT2D eigenvalue weighted by molar-refractivity contribution is -0.158. The van der Waals surface area contributed by atoms with E-state index in [1.165, 1.54) is 6.92 Å². The Bertz CT molecular complexity index is 915. The second-order valence-electron chi connectivity index (χ2n) is 7.40. The van der Waals surface area contributed by atoms with Gasteiger partial charge in [-0.05, 0) is 35.6 Å². The van der Waals surface area contributed by atoms with Crippen molar-refractivity contribution in [3.05, 3.63) is 59.7 Å². The Morgan fingerprint density at radius 1 is 1.03 bits per heavy atom. The molecule has 0 fully saturated rings. The Kier molecular flexibility index (Phi) is 7.25. The van der Waals surface area contributed by atoms with Crippen LogP contribution in [0.25, 0.3) is 11.1 Å². The molecule has 8 heteroatoms. The van der Waals surface area contributed by atoms with Crippen molar-refractivity contribution < 1.29 is 29.1 Å². The highest BCUT2D eigenvalue weighted by Gasteiger charge is 2.29. The fraction of sp³-hybridized carbons (Fsp3) is 0.348. The van der Waals surface area contributed by atoms with Crippen molar-refractivity contribution in [2.75, 3.05) is 6.61 Å². The smallest absolute Gasteiger partial charge is 0.407 e. The lowest BCUT2D eigenvalue weighted by Gasteiger charge is -2.19. The van der Waals surface area contributed by atoms with E-state index in [-0.39, 0.29) is 18.9 Å². The topological polar surface area (TPSA) is 114 Å². The van der Waals surface area contributed by atoms with Crippen LogP contribution in [0.3, 0.4) is 0 Å². The summed E-state index contributed by atoms with van der Waals surface area (Å²) in [6, 6.07) is 15.7. The third-order valence-electron chi connectivity index (χ3n) is 5.29. The van der Waals surface area contributed by atoms with Crippen LogP contribution >= 0.6 is 0 Å². The summed E-state index contributed by atoms with van der Waals surface area (Å²) in [6.07, 6.45) is -1.35. The molecule has 1 unspecified atom stereocenters. The molecule has 2 amide bonds. The van der Waals surface area contributed by atoms with Crippen molar-refractivity contribution in [1.82, 2.24) is 10.8 Å². The number of hydrogen-bond acceptors (Lipinski definition) is 5. The van der Waals surface area contributed by atoms with Gasteiger partial charge in [0.05, 0.1) is 0 Å². The van der Waals surface area contributed by atoms with E-state index in [2.05, 4.69) is 22.9 Å². The molecule has 164 valence electrons. The summed E-state index contributed by atoms with van der Waals surface area (Å²) in [4.78, 5) is 39.8. The number of aliphatic carboxylic acids is 1. The number of carboxylic acids is 1. The van der Waals surface area contributed by atoms with E-state index >= 15 is 0 Å². The summed E-state index contributed by atoms with van der Waals surface area (Å²) in [5, 5.41) is 11.4. The molecule has 0 spiro atoms. The first-order valence-electron chi connectivity index (χ1n) is 10.2. The number of amides is 2. The number of nitrogens with one attached hydrogen (secondary N) is 2. The predicted molar refractivity (Wildman–Crippen MR) is 113 cm³/mol. The number of fused-ring (bicyclic) bond motifs is 3. The van der Waals surface area contributed by atoms with Gasteiger partial charge in [0, 0.05) is 18.4 Å². The highest BCUT2D eigenvalue weighted by atomic mass is 16.7. The minimum Gasteiger partial charge on any atom is -0.479 e. The average Bonchev–Trinajstić information content (AvgIpc) is 3.09. The molecular weight excluding hydrogens is 400 g/mol. The van der Waals surface area contributed by atoms with Crippen molar-refractivity contribution in [3.63, 3.8) is 0 Å². The molecule has 2 atom stereocenters. The van der Waals surface area contributed by atoms with Crippen LogP contribution in [-0.2, 0) is 19.2 Å². The van der Waals surface area contributed by atoms with Crippen LogP contribution in [-0.4, -0.2) is 41.8 Å². The average molecular weight is 426 g/mol. The molecule has 1 aliphatic rings. The fourth-order valence-electron chi connectivity index (χ4n) is 3.57. The van der Waals surface area contributed by atoms with Crippen LogP contribution in [0.15, 0.2) is 48.5 Å². The molecule has 0 aliphatic heterocycles. The SMILES string of the molecule is CC[C@H](CC(=O)NOC(C)C(=O)O)NC(=O)OCC1c2ccccc2-c2ccccc21. The Labute approximate surface area is 180 Å². The Morgan fingerprint density at radius 3 is 2.16 bits per heavy atom. The van der Waals surface area contributed by atoms with Gasteiger partial charge in [-0.15, -0.1) is 0 Å². The molecule has 0 bridgehead atoms. The van der Waals surface area contributed by atoms with Crippen LogP contribution in [0.1, 0.15) is 43.7 Å². The van der Waals surface area contributed by atoms with Crippen molar-refractivity contribution in [1.29, 1.82) is 0 Å². The molecule has 0 radical (unpaired) electrons. The molecule has 2 aromatic rings. The zero-order valence-electron chi connectivity index (χ0n) is 17.5. The van der Waals surface area contributed by atoms with Crippen LogP contribution in [0, 0.1) is 0 Å². The Morgan fingerprint density at radius 2 is 1.61 bits per heavy atom. The fourth-order valence-corrected chi connectivity index (χ4v) is 3.57. The second-order valence-corrected chi connectivity index (χ2v) is 7.40. The Balaban J connectivity index is 1.53. The van der Waals surface area contributed by atoms with Crippen LogP contribution in [0.5, 0.6) is 0 Å². The molecule has 31 heavy (non-hydrogen) atoms. The third-order valence-corrected chi connectivity index (χ3v) is 5.29. The van der Waals surface area contributed by atoms with E-state index in [1.807, 2.05) is 43.3 Å². The highest BCUT2D eigenvalue weighted by Crippen LogP contribution is 2.44. The molecule has 0 saturated carbocycles. The normalized spacial score (nSPS) is 14.1. The van der Waals surface area contributed by atoms with Gasteiger partial charge in [-0.3, -0.25) is 9.63 Å². The second kappa shape index (κ2) is 10.1. The summed E-state index contributed by atoms with van der Waals surface area (Å²) < 4.78 is 5.49. The molecule has 3 rings (SSSR count). The molecule has 2 aromatic carbocycles. The van der Waals surface area contributed by atoms with Gasteiger partial charge in [-0.25, -0.2) is 15.1 Å². The lowest BCUT2D eigenvalue weighted by atomic mass is 9.98. The monoisotopic (exact) mass is 426 g/mol. The van der Waals surface area contributed by atoms with Gasteiger partial charge >= 0.3 is 12.1 Å². The lowest BCUT2D eigenvalue weighted by Crippen LogP contribution is -2.40. The number of benzene rings is 2. The Hall–Kier alpha value is -3.39. The minimum atomic E-state index is -1.19. The zero-order valence-corrected chi connectivity index (χ0v) is 17.5. The summed E-state index contributed by atoms with van der Waals surface area (Å²) in [5.41, 5.74) is 6.61. The first-order chi connectivity index (χ1) is 14.9. The first-order valence-corrected chi connectivity index (χ1v) is 10.2. The maximum Gasteiger partial charge on any atom is 0.407 e. The van der Waals surface area contributed by atoms with Gasteiger partial charge in [0.2, 0.25) is 5.91 Å². The number of carbonyl (C=O) groups excluding carboxylic acids is 2. The maximum absolute atomic E-state index is 12.4. The van der Waals surface area contributed by atoms with E-state index in [0.717, 1.165) is 22.3 Å². The van der Waals surface area contributed by atoms with Crippen LogP contribution in [0.4, 0.5) is 4.79 Å². The largest absolute Gasteiger partial charge is 0.479 e. The molecule has 1 aliphatic carbocycles. The van der Waals surface area contributed by atoms with E-state index in [0.29, 0.717) is 6.42 Å². The molecule has 0 heterocycles. The number of hydrogen-bond donors (Lipinski definition) is 3. The number of rotatable bonds is 9. The summed E-state index contributed by atoms with van der Waals surface area (Å²) in [5.74, 6) is -1.77. The summed E-state index contributed by atoms with van der Waals surface area (Å²) in [7, 11) is 0. The van der Waals surface area contributed by atoms with Gasteiger partial charge < -0.3 is 15.2 Å². The van der Waals surface area contributed by atoms with E-state index in [9.17, 15) is 14.4 Å². The van der Waals surface area contributed by atoms with Crippen molar-refractivity contribution in [2.24, 2.45) is 0 Å². The molecule has 3 N–H and O–H groups in total. The number of ether oxygens (including phenoxy) is 1. The van der Waals surface area contributed by atoms with Crippen molar-refractivity contribution in [2.45, 2.75) is 44.8 Å². The standard InChI is InChI=1S/C23H26N2O6/c1-3-15(12-21(26)25-31-14(2)22(27)28)24-23(29)30-13-20-18-10-6-4-8-16(18)17-9-5-7-11-19(17)20/h4-11,14-15,20H,3,12-13H2,1-2H3,(H,24,29)(H,25,26)(H,27,28)/t14?,15-/m1/s1. The van der Waals surface area contributed by atoms with Crippen molar-refractivity contribution >= 4 is 18.0 Å². The van der Waals surface area contributed by atoms with Gasteiger partial charge in [-0.2, -0.15) is 0 Å². The molecule has 0 saturated heterocycles. The van der Waals surface area contributed by atoms with Crippen molar-refractivity contribution in [3.8, 4) is 11.1 Å². The predicted octanol–water partition coefficient (Wildman–Crippen LogP) is 3.21. The van der Waals surface area contributed by atoms with Gasteiger partial charge in [0.15, 0.2) is 6.10 Å². The number of alkyl carbamates (subject to hydrolysis) is 1.